The number of hydrogen-bond acceptors (Lipinski definition) is 3. The van der Waals surface area contributed by atoms with Crippen molar-refractivity contribution in [2.24, 2.45) is 0 Å². The summed E-state index contributed by atoms with van der Waals surface area (Å²) in [6.07, 6.45) is 2.38. The molecule has 0 atom stereocenters. The fourth-order valence-electron chi connectivity index (χ4n) is 3.27. The van der Waals surface area contributed by atoms with Crippen LogP contribution in [-0.2, 0) is 11.3 Å². The van der Waals surface area contributed by atoms with E-state index in [1.807, 2.05) is 12.1 Å². The SMILES string of the molecule is CCCNC(=O)CCCSc1nc(-c2ccccc2)c(-c2ccccc2)n1CC. The lowest BCUT2D eigenvalue weighted by Crippen LogP contribution is -2.23. The van der Waals surface area contributed by atoms with E-state index >= 15 is 0 Å². The van der Waals surface area contributed by atoms with E-state index in [1.165, 1.54) is 5.56 Å². The second kappa shape index (κ2) is 10.9. The van der Waals surface area contributed by atoms with Crippen LogP contribution in [0.4, 0.5) is 0 Å². The average Bonchev–Trinajstić information content (AvgIpc) is 3.15. The zero-order chi connectivity index (χ0) is 20.5. The summed E-state index contributed by atoms with van der Waals surface area (Å²) in [5.41, 5.74) is 4.47. The van der Waals surface area contributed by atoms with Crippen molar-refractivity contribution in [3.8, 4) is 22.5 Å². The van der Waals surface area contributed by atoms with Crippen LogP contribution in [-0.4, -0.2) is 27.8 Å². The van der Waals surface area contributed by atoms with Crippen molar-refractivity contribution >= 4 is 17.7 Å². The molecule has 5 heteroatoms. The number of hydrogen-bond donors (Lipinski definition) is 1. The molecular formula is C24H29N3OS. The minimum absolute atomic E-state index is 0.140. The predicted molar refractivity (Wildman–Crippen MR) is 122 cm³/mol. The highest BCUT2D eigenvalue weighted by Crippen LogP contribution is 2.36. The number of rotatable bonds is 10. The van der Waals surface area contributed by atoms with Gasteiger partial charge < -0.3 is 9.88 Å². The summed E-state index contributed by atoms with van der Waals surface area (Å²) < 4.78 is 2.29. The van der Waals surface area contributed by atoms with Gasteiger partial charge in [0.25, 0.3) is 0 Å². The summed E-state index contributed by atoms with van der Waals surface area (Å²) >= 11 is 1.73. The Labute approximate surface area is 177 Å². The van der Waals surface area contributed by atoms with Crippen LogP contribution in [0.3, 0.4) is 0 Å². The summed E-state index contributed by atoms with van der Waals surface area (Å²) in [7, 11) is 0. The Morgan fingerprint density at radius 2 is 1.66 bits per heavy atom. The summed E-state index contributed by atoms with van der Waals surface area (Å²) in [6, 6.07) is 20.8. The van der Waals surface area contributed by atoms with E-state index in [4.69, 9.17) is 4.98 Å². The fourth-order valence-corrected chi connectivity index (χ4v) is 4.27. The third-order valence-electron chi connectivity index (χ3n) is 4.69. The molecule has 152 valence electrons. The number of nitrogens with zero attached hydrogens (tertiary/aromatic N) is 2. The molecule has 0 unspecified atom stereocenters. The quantitative estimate of drug-likeness (QED) is 0.350. The number of imidazole rings is 1. The standard InChI is InChI=1S/C24H29N3OS/c1-3-17-25-21(28)16-11-18-29-24-26-22(19-12-7-5-8-13-19)23(27(24)4-2)20-14-9-6-10-15-20/h5-10,12-15H,3-4,11,16-18H2,1-2H3,(H,25,28). The van der Waals surface area contributed by atoms with Gasteiger partial charge in [-0.05, 0) is 19.8 Å². The molecule has 29 heavy (non-hydrogen) atoms. The highest BCUT2D eigenvalue weighted by atomic mass is 32.2. The maximum Gasteiger partial charge on any atom is 0.220 e. The molecule has 0 aliphatic heterocycles. The monoisotopic (exact) mass is 407 g/mol. The Morgan fingerprint density at radius 3 is 2.28 bits per heavy atom. The summed E-state index contributed by atoms with van der Waals surface area (Å²) in [5.74, 6) is 1.01. The molecule has 0 bridgehead atoms. The van der Waals surface area contributed by atoms with Gasteiger partial charge in [0.2, 0.25) is 5.91 Å². The Hall–Kier alpha value is -2.53. The Morgan fingerprint density at radius 1 is 1.00 bits per heavy atom. The number of carbonyl (C=O) groups excluding carboxylic acids is 1. The van der Waals surface area contributed by atoms with Crippen molar-refractivity contribution in [1.29, 1.82) is 0 Å². The van der Waals surface area contributed by atoms with Crippen molar-refractivity contribution < 1.29 is 4.79 Å². The number of nitrogens with one attached hydrogen (secondary N) is 1. The molecular weight excluding hydrogens is 378 g/mol. The number of amides is 1. The molecule has 0 fully saturated rings. The second-order valence-corrected chi connectivity index (χ2v) is 7.93. The third-order valence-corrected chi connectivity index (χ3v) is 5.76. The summed E-state index contributed by atoms with van der Waals surface area (Å²) in [5, 5.41) is 3.95. The van der Waals surface area contributed by atoms with Crippen molar-refractivity contribution in [3.63, 3.8) is 0 Å². The van der Waals surface area contributed by atoms with Crippen molar-refractivity contribution in [3.05, 3.63) is 60.7 Å². The molecule has 0 saturated carbocycles. The van der Waals surface area contributed by atoms with Crippen LogP contribution in [0, 0.1) is 0 Å². The first-order chi connectivity index (χ1) is 14.2. The number of carbonyl (C=O) groups is 1. The van der Waals surface area contributed by atoms with E-state index in [2.05, 4.69) is 72.3 Å². The van der Waals surface area contributed by atoms with Crippen molar-refractivity contribution in [2.45, 2.75) is 44.8 Å². The van der Waals surface area contributed by atoms with Crippen LogP contribution < -0.4 is 5.32 Å². The summed E-state index contributed by atoms with van der Waals surface area (Å²) in [6.45, 7) is 5.83. The Bertz CT molecular complexity index is 907. The van der Waals surface area contributed by atoms with Gasteiger partial charge in [0.1, 0.15) is 0 Å². The highest BCUT2D eigenvalue weighted by Gasteiger charge is 2.19. The van der Waals surface area contributed by atoms with E-state index in [-0.39, 0.29) is 5.91 Å². The first-order valence-electron chi connectivity index (χ1n) is 10.4. The van der Waals surface area contributed by atoms with Gasteiger partial charge in [-0.15, -0.1) is 0 Å². The third kappa shape index (κ3) is 5.51. The lowest BCUT2D eigenvalue weighted by Gasteiger charge is -2.10. The molecule has 1 amide bonds. The largest absolute Gasteiger partial charge is 0.356 e. The van der Waals surface area contributed by atoms with Gasteiger partial charge in [-0.2, -0.15) is 0 Å². The van der Waals surface area contributed by atoms with Crippen LogP contribution in [0.2, 0.25) is 0 Å². The molecule has 0 spiro atoms. The van der Waals surface area contributed by atoms with E-state index < -0.39 is 0 Å². The van der Waals surface area contributed by atoms with Crippen LogP contribution in [0.25, 0.3) is 22.5 Å². The van der Waals surface area contributed by atoms with Crippen molar-refractivity contribution in [2.75, 3.05) is 12.3 Å². The van der Waals surface area contributed by atoms with Gasteiger partial charge >= 0.3 is 0 Å². The molecule has 1 N–H and O–H groups in total. The molecule has 0 radical (unpaired) electrons. The number of aromatic nitrogens is 2. The lowest BCUT2D eigenvalue weighted by atomic mass is 10.0. The smallest absolute Gasteiger partial charge is 0.220 e. The minimum atomic E-state index is 0.140. The van der Waals surface area contributed by atoms with E-state index in [0.29, 0.717) is 6.42 Å². The van der Waals surface area contributed by atoms with Gasteiger partial charge in [-0.3, -0.25) is 4.79 Å². The zero-order valence-corrected chi connectivity index (χ0v) is 18.0. The van der Waals surface area contributed by atoms with Gasteiger partial charge in [0.05, 0.1) is 11.4 Å². The van der Waals surface area contributed by atoms with Crippen LogP contribution in [0.5, 0.6) is 0 Å². The maximum absolute atomic E-state index is 11.8. The van der Waals surface area contributed by atoms with Crippen LogP contribution >= 0.6 is 11.8 Å². The highest BCUT2D eigenvalue weighted by molar-refractivity contribution is 7.99. The van der Waals surface area contributed by atoms with Gasteiger partial charge in [0, 0.05) is 36.4 Å². The fraction of sp³-hybridized carbons (Fsp3) is 0.333. The van der Waals surface area contributed by atoms with Gasteiger partial charge in [-0.1, -0.05) is 79.3 Å². The van der Waals surface area contributed by atoms with E-state index in [1.54, 1.807) is 11.8 Å². The molecule has 3 aromatic rings. The van der Waals surface area contributed by atoms with E-state index in [0.717, 1.165) is 53.8 Å². The van der Waals surface area contributed by atoms with Crippen LogP contribution in [0.15, 0.2) is 65.8 Å². The maximum atomic E-state index is 11.8. The summed E-state index contributed by atoms with van der Waals surface area (Å²) in [4.78, 5) is 16.8. The number of thioether (sulfide) groups is 1. The zero-order valence-electron chi connectivity index (χ0n) is 17.2. The molecule has 1 heterocycles. The minimum Gasteiger partial charge on any atom is -0.356 e. The lowest BCUT2D eigenvalue weighted by molar-refractivity contribution is -0.121. The molecule has 0 aliphatic rings. The van der Waals surface area contributed by atoms with Crippen LogP contribution in [0.1, 0.15) is 33.1 Å². The topological polar surface area (TPSA) is 46.9 Å². The Balaban J connectivity index is 1.83. The predicted octanol–water partition coefficient (Wildman–Crippen LogP) is 5.64. The van der Waals surface area contributed by atoms with Crippen molar-refractivity contribution in [1.82, 2.24) is 14.9 Å². The molecule has 1 aromatic heterocycles. The molecule has 4 nitrogen and oxygen atoms in total. The van der Waals surface area contributed by atoms with E-state index in [9.17, 15) is 4.79 Å². The first kappa shape index (κ1) is 21.2. The van der Waals surface area contributed by atoms with Gasteiger partial charge in [0.15, 0.2) is 5.16 Å². The van der Waals surface area contributed by atoms with Gasteiger partial charge in [-0.25, -0.2) is 4.98 Å². The molecule has 3 rings (SSSR count). The average molecular weight is 408 g/mol. The Kier molecular flexibility index (Phi) is 7.94. The first-order valence-corrected chi connectivity index (χ1v) is 11.3. The second-order valence-electron chi connectivity index (χ2n) is 6.87. The molecule has 0 saturated heterocycles. The normalized spacial score (nSPS) is 10.8. The molecule has 0 aliphatic carbocycles. The molecule has 2 aromatic carbocycles. The number of benzene rings is 2.